The van der Waals surface area contributed by atoms with E-state index in [0.29, 0.717) is 17.3 Å². The van der Waals surface area contributed by atoms with Crippen molar-refractivity contribution < 1.29 is 9.52 Å². The van der Waals surface area contributed by atoms with Gasteiger partial charge in [-0.15, -0.1) is 0 Å². The molecule has 3 fully saturated rings. The monoisotopic (exact) mass is 368 g/mol. The van der Waals surface area contributed by atoms with Crippen molar-refractivity contribution in [1.29, 1.82) is 0 Å². The summed E-state index contributed by atoms with van der Waals surface area (Å²) >= 11 is 0. The van der Waals surface area contributed by atoms with Gasteiger partial charge in [0.15, 0.2) is 0 Å². The fraction of sp³-hybridized carbons (Fsp3) is 0.708. The second-order valence-corrected chi connectivity index (χ2v) is 10.2. The molecule has 0 bridgehead atoms. The molecule has 1 aromatic rings. The van der Waals surface area contributed by atoms with Crippen LogP contribution in [0.15, 0.2) is 39.3 Å². The molecular weight excluding hydrogens is 336 g/mol. The number of rotatable bonds is 1. The molecule has 0 aliphatic heterocycles. The Morgan fingerprint density at radius 2 is 1.93 bits per heavy atom. The van der Waals surface area contributed by atoms with E-state index < -0.39 is 5.60 Å². The van der Waals surface area contributed by atoms with Gasteiger partial charge < -0.3 is 9.52 Å². The Kier molecular flexibility index (Phi) is 3.82. The summed E-state index contributed by atoms with van der Waals surface area (Å²) in [5.74, 6) is 1.30. The van der Waals surface area contributed by atoms with Gasteiger partial charge in [-0.25, -0.2) is 4.79 Å². The zero-order valence-corrected chi connectivity index (χ0v) is 16.7. The van der Waals surface area contributed by atoms with E-state index in [1.807, 2.05) is 6.07 Å². The van der Waals surface area contributed by atoms with E-state index in [2.05, 4.69) is 19.9 Å². The van der Waals surface area contributed by atoms with Crippen molar-refractivity contribution in [2.24, 2.45) is 22.7 Å². The lowest BCUT2D eigenvalue weighted by Gasteiger charge is -2.61. The second kappa shape index (κ2) is 5.83. The number of hydrogen-bond donors (Lipinski definition) is 1. The van der Waals surface area contributed by atoms with Crippen LogP contribution in [0.4, 0.5) is 0 Å². The first-order valence-corrected chi connectivity index (χ1v) is 10.9. The standard InChI is InChI=1S/C24H32O3/c1-22-12-4-3-5-17(22)7-8-20-19(22)10-13-23(2)18(11-14-24(20,23)26)16-6-9-21(25)27-15-16/h5-6,9,15,18-20,26H,3-4,7-8,10-14H2,1-2H3/t18-,19+,20-,22+,23-,24+/m1/s1. The maximum absolute atomic E-state index is 12.1. The zero-order chi connectivity index (χ0) is 18.9. The van der Waals surface area contributed by atoms with E-state index in [4.69, 9.17) is 4.42 Å². The lowest BCUT2D eigenvalue weighted by Crippen LogP contribution is -2.60. The number of fused-ring (bicyclic) bond motifs is 5. The Morgan fingerprint density at radius 1 is 1.07 bits per heavy atom. The van der Waals surface area contributed by atoms with Crippen LogP contribution in [0.1, 0.15) is 83.1 Å². The largest absolute Gasteiger partial charge is 0.431 e. The molecule has 5 rings (SSSR count). The molecule has 27 heavy (non-hydrogen) atoms. The lowest BCUT2D eigenvalue weighted by atomic mass is 9.45. The van der Waals surface area contributed by atoms with Crippen LogP contribution in [-0.4, -0.2) is 10.7 Å². The van der Waals surface area contributed by atoms with E-state index >= 15 is 0 Å². The van der Waals surface area contributed by atoms with Crippen LogP contribution in [-0.2, 0) is 0 Å². The van der Waals surface area contributed by atoms with Gasteiger partial charge in [0.25, 0.3) is 0 Å². The maximum Gasteiger partial charge on any atom is 0.335 e. The van der Waals surface area contributed by atoms with Crippen LogP contribution in [0.2, 0.25) is 0 Å². The van der Waals surface area contributed by atoms with Crippen LogP contribution >= 0.6 is 0 Å². The second-order valence-electron chi connectivity index (χ2n) is 10.2. The summed E-state index contributed by atoms with van der Waals surface area (Å²) in [5.41, 5.74) is 2.06. The molecule has 0 unspecified atom stereocenters. The van der Waals surface area contributed by atoms with Crippen LogP contribution in [0.5, 0.6) is 0 Å². The van der Waals surface area contributed by atoms with Gasteiger partial charge in [0.1, 0.15) is 0 Å². The minimum absolute atomic E-state index is 0.125. The Labute approximate surface area is 161 Å². The van der Waals surface area contributed by atoms with E-state index in [0.717, 1.165) is 31.2 Å². The highest BCUT2D eigenvalue weighted by molar-refractivity contribution is 5.30. The van der Waals surface area contributed by atoms with Crippen LogP contribution in [0.25, 0.3) is 0 Å². The minimum atomic E-state index is -0.595. The topological polar surface area (TPSA) is 50.4 Å². The molecule has 4 aliphatic carbocycles. The summed E-state index contributed by atoms with van der Waals surface area (Å²) in [6.07, 6.45) is 14.4. The van der Waals surface area contributed by atoms with Gasteiger partial charge in [0.2, 0.25) is 0 Å². The van der Waals surface area contributed by atoms with Gasteiger partial charge in [0, 0.05) is 11.5 Å². The van der Waals surface area contributed by atoms with Crippen molar-refractivity contribution in [3.63, 3.8) is 0 Å². The molecular formula is C24H32O3. The van der Waals surface area contributed by atoms with E-state index in [9.17, 15) is 9.90 Å². The highest BCUT2D eigenvalue weighted by Crippen LogP contribution is 2.69. The van der Waals surface area contributed by atoms with Crippen molar-refractivity contribution in [1.82, 2.24) is 0 Å². The average molecular weight is 369 g/mol. The molecule has 4 aliphatic rings. The third-order valence-electron chi connectivity index (χ3n) is 9.34. The summed E-state index contributed by atoms with van der Waals surface area (Å²) in [7, 11) is 0. The molecule has 0 spiro atoms. The molecule has 3 heteroatoms. The first-order chi connectivity index (χ1) is 12.9. The SMILES string of the molecule is C[C@]12CCCC=C1CC[C@@H]1[C@@H]2CC[C@]2(C)[C@@H](c3ccc(=O)oc3)CC[C@]12O. The van der Waals surface area contributed by atoms with E-state index in [1.54, 1.807) is 11.8 Å². The first kappa shape index (κ1) is 17.7. The predicted octanol–water partition coefficient (Wildman–Crippen LogP) is 5.19. The van der Waals surface area contributed by atoms with Gasteiger partial charge in [-0.2, -0.15) is 0 Å². The highest BCUT2D eigenvalue weighted by Gasteiger charge is 2.66. The normalized spacial score (nSPS) is 46.2. The van der Waals surface area contributed by atoms with E-state index in [1.165, 1.54) is 38.2 Å². The summed E-state index contributed by atoms with van der Waals surface area (Å²) in [6, 6.07) is 3.45. The molecule has 6 atom stereocenters. The molecule has 3 saturated carbocycles. The molecule has 146 valence electrons. The van der Waals surface area contributed by atoms with Gasteiger partial charge >= 0.3 is 5.63 Å². The van der Waals surface area contributed by atoms with Crippen molar-refractivity contribution in [3.05, 3.63) is 46.0 Å². The molecule has 0 radical (unpaired) electrons. The average Bonchev–Trinajstić information content (AvgIpc) is 2.94. The summed E-state index contributed by atoms with van der Waals surface area (Å²) in [4.78, 5) is 11.4. The Bertz CT molecular complexity index is 818. The number of hydrogen-bond acceptors (Lipinski definition) is 3. The van der Waals surface area contributed by atoms with Gasteiger partial charge in [-0.1, -0.05) is 25.5 Å². The van der Waals surface area contributed by atoms with E-state index in [-0.39, 0.29) is 17.0 Å². The summed E-state index contributed by atoms with van der Waals surface area (Å²) in [5, 5.41) is 12.1. The fourth-order valence-electron chi connectivity index (χ4n) is 7.82. The lowest BCUT2D eigenvalue weighted by molar-refractivity contribution is -0.177. The van der Waals surface area contributed by atoms with Crippen LogP contribution in [0, 0.1) is 22.7 Å². The van der Waals surface area contributed by atoms with Gasteiger partial charge in [0.05, 0.1) is 11.9 Å². The van der Waals surface area contributed by atoms with Crippen LogP contribution in [0.3, 0.4) is 0 Å². The molecule has 0 saturated heterocycles. The maximum atomic E-state index is 12.1. The summed E-state index contributed by atoms with van der Waals surface area (Å²) in [6.45, 7) is 4.79. The fourth-order valence-corrected chi connectivity index (χ4v) is 7.82. The third-order valence-corrected chi connectivity index (χ3v) is 9.34. The molecule has 0 amide bonds. The van der Waals surface area contributed by atoms with Crippen molar-refractivity contribution in [3.8, 4) is 0 Å². The Hall–Kier alpha value is -1.35. The van der Waals surface area contributed by atoms with Crippen molar-refractivity contribution in [2.75, 3.05) is 0 Å². The van der Waals surface area contributed by atoms with Gasteiger partial charge in [-0.05, 0) is 92.6 Å². The quantitative estimate of drug-likeness (QED) is 0.694. The molecule has 1 aromatic heterocycles. The number of aliphatic hydroxyl groups is 1. The highest BCUT2D eigenvalue weighted by atomic mass is 16.4. The van der Waals surface area contributed by atoms with Crippen LogP contribution < -0.4 is 5.63 Å². The molecule has 3 nitrogen and oxygen atoms in total. The Balaban J connectivity index is 1.52. The molecule has 0 aromatic carbocycles. The molecule has 1 heterocycles. The molecule has 1 N–H and O–H groups in total. The number of allylic oxidation sites excluding steroid dienone is 2. The predicted molar refractivity (Wildman–Crippen MR) is 105 cm³/mol. The smallest absolute Gasteiger partial charge is 0.335 e. The van der Waals surface area contributed by atoms with Crippen molar-refractivity contribution in [2.45, 2.75) is 83.2 Å². The van der Waals surface area contributed by atoms with Gasteiger partial charge in [-0.3, -0.25) is 0 Å². The minimum Gasteiger partial charge on any atom is -0.431 e. The zero-order valence-electron chi connectivity index (χ0n) is 16.7. The van der Waals surface area contributed by atoms with Crippen molar-refractivity contribution >= 4 is 0 Å². The summed E-state index contributed by atoms with van der Waals surface area (Å²) < 4.78 is 5.18. The first-order valence-electron chi connectivity index (χ1n) is 10.9. The Morgan fingerprint density at radius 3 is 2.70 bits per heavy atom. The third kappa shape index (κ3) is 2.27.